The summed E-state index contributed by atoms with van der Waals surface area (Å²) in [5.41, 5.74) is 0.506. The lowest BCUT2D eigenvalue weighted by Gasteiger charge is -2.47. The normalized spacial score (nSPS) is 23.5. The molecule has 1 aromatic carbocycles. The van der Waals surface area contributed by atoms with Gasteiger partial charge in [-0.3, -0.25) is 9.59 Å². The van der Waals surface area contributed by atoms with Crippen LogP contribution in [0.3, 0.4) is 0 Å². The quantitative estimate of drug-likeness (QED) is 0.829. The fourth-order valence-electron chi connectivity index (χ4n) is 4.00. The summed E-state index contributed by atoms with van der Waals surface area (Å²) >= 11 is 0. The molecule has 3 rings (SSSR count). The molecule has 2 amide bonds. The molecule has 5 nitrogen and oxygen atoms in total. The van der Waals surface area contributed by atoms with Crippen molar-refractivity contribution in [2.45, 2.75) is 38.1 Å². The van der Waals surface area contributed by atoms with E-state index in [9.17, 15) is 14.0 Å². The van der Waals surface area contributed by atoms with Gasteiger partial charge in [-0.15, -0.1) is 0 Å². The molecule has 2 fully saturated rings. The minimum absolute atomic E-state index is 0.0674. The average molecular weight is 348 g/mol. The van der Waals surface area contributed by atoms with Gasteiger partial charge in [0.05, 0.1) is 0 Å². The second-order valence-electron chi connectivity index (χ2n) is 6.93. The minimum Gasteiger partial charge on any atom is -0.396 e. The Bertz CT molecular complexity index is 620. The van der Waals surface area contributed by atoms with E-state index in [0.29, 0.717) is 44.0 Å². The molecule has 0 spiro atoms. The Morgan fingerprint density at radius 3 is 2.68 bits per heavy atom. The van der Waals surface area contributed by atoms with E-state index < -0.39 is 0 Å². The van der Waals surface area contributed by atoms with Gasteiger partial charge in [0.1, 0.15) is 5.82 Å². The number of benzene rings is 1. The molecule has 0 aromatic heterocycles. The van der Waals surface area contributed by atoms with Gasteiger partial charge in [0, 0.05) is 44.3 Å². The molecule has 2 aliphatic heterocycles. The number of carbonyl (C=O) groups is 2. The third-order valence-corrected chi connectivity index (χ3v) is 5.33. The van der Waals surface area contributed by atoms with Crippen LogP contribution in [0.25, 0.3) is 0 Å². The second-order valence-corrected chi connectivity index (χ2v) is 6.93. The van der Waals surface area contributed by atoms with Crippen molar-refractivity contribution in [1.82, 2.24) is 9.80 Å². The first-order valence-electron chi connectivity index (χ1n) is 9.05. The van der Waals surface area contributed by atoms with Crippen molar-refractivity contribution < 1.29 is 19.1 Å². The van der Waals surface area contributed by atoms with Gasteiger partial charge in [-0.2, -0.15) is 0 Å². The molecule has 0 aliphatic carbocycles. The number of unbranched alkanes of at least 4 members (excludes halogenated alkanes) is 1. The van der Waals surface area contributed by atoms with E-state index in [1.807, 2.05) is 9.80 Å². The van der Waals surface area contributed by atoms with Gasteiger partial charge in [0.25, 0.3) is 5.91 Å². The zero-order chi connectivity index (χ0) is 17.8. The molecule has 25 heavy (non-hydrogen) atoms. The number of carbonyl (C=O) groups excluding carboxylic acids is 2. The van der Waals surface area contributed by atoms with Crippen molar-refractivity contribution in [3.63, 3.8) is 0 Å². The molecule has 0 saturated carbocycles. The smallest absolute Gasteiger partial charge is 0.253 e. The molecule has 1 N–H and O–H groups in total. The number of hydrogen-bond donors (Lipinski definition) is 1. The van der Waals surface area contributed by atoms with Crippen LogP contribution in [0, 0.1) is 11.7 Å². The number of rotatable bonds is 5. The van der Waals surface area contributed by atoms with Gasteiger partial charge in [-0.1, -0.05) is 0 Å². The first-order chi connectivity index (χ1) is 12.1. The fraction of sp³-hybridized carbons (Fsp3) is 0.579. The summed E-state index contributed by atoms with van der Waals surface area (Å²) in [5, 5.41) is 8.94. The maximum absolute atomic E-state index is 13.0. The molecular formula is C19H25FN2O3. The lowest BCUT2D eigenvalue weighted by atomic mass is 9.83. The van der Waals surface area contributed by atoms with E-state index in [0.717, 1.165) is 19.3 Å². The molecule has 2 aliphatic rings. The maximum Gasteiger partial charge on any atom is 0.253 e. The summed E-state index contributed by atoms with van der Waals surface area (Å²) in [6.07, 6.45) is 3.63. The number of likely N-dealkylation sites (tertiary alicyclic amines) is 2. The van der Waals surface area contributed by atoms with Gasteiger partial charge >= 0.3 is 0 Å². The number of aliphatic hydroxyl groups is 1. The number of amides is 2. The van der Waals surface area contributed by atoms with Crippen LogP contribution >= 0.6 is 0 Å². The highest BCUT2D eigenvalue weighted by molar-refractivity contribution is 5.94. The standard InChI is InChI=1S/C19H25FN2O3/c20-16-6-3-14(4-7-16)19(25)21-11-9-17-15(13-21)5-8-18(24)22(17)10-1-2-12-23/h3-4,6-7,15,17,23H,1-2,5,8-13H2. The van der Waals surface area contributed by atoms with Crippen molar-refractivity contribution in [2.24, 2.45) is 5.92 Å². The van der Waals surface area contributed by atoms with Crippen molar-refractivity contribution in [1.29, 1.82) is 0 Å². The predicted molar refractivity (Wildman–Crippen MR) is 91.5 cm³/mol. The first kappa shape index (κ1) is 17.9. The fourth-order valence-corrected chi connectivity index (χ4v) is 4.00. The average Bonchev–Trinajstić information content (AvgIpc) is 2.63. The molecule has 136 valence electrons. The molecular weight excluding hydrogens is 323 g/mol. The summed E-state index contributed by atoms with van der Waals surface area (Å²) in [4.78, 5) is 28.7. The molecule has 2 saturated heterocycles. The predicted octanol–water partition coefficient (Wildman–Crippen LogP) is 2.05. The van der Waals surface area contributed by atoms with E-state index >= 15 is 0 Å². The van der Waals surface area contributed by atoms with Crippen LogP contribution in [-0.4, -0.2) is 59.0 Å². The van der Waals surface area contributed by atoms with Crippen LogP contribution in [0.4, 0.5) is 4.39 Å². The zero-order valence-electron chi connectivity index (χ0n) is 14.4. The topological polar surface area (TPSA) is 60.9 Å². The summed E-state index contributed by atoms with van der Waals surface area (Å²) in [6.45, 7) is 2.09. The Balaban J connectivity index is 1.64. The molecule has 1 aromatic rings. The third-order valence-electron chi connectivity index (χ3n) is 5.33. The highest BCUT2D eigenvalue weighted by Gasteiger charge is 2.40. The third kappa shape index (κ3) is 4.00. The number of nitrogens with zero attached hydrogens (tertiary/aromatic N) is 2. The number of hydrogen-bond acceptors (Lipinski definition) is 3. The van der Waals surface area contributed by atoms with Crippen LogP contribution in [0.5, 0.6) is 0 Å². The summed E-state index contributed by atoms with van der Waals surface area (Å²) < 4.78 is 13.0. The van der Waals surface area contributed by atoms with E-state index in [-0.39, 0.29) is 30.3 Å². The van der Waals surface area contributed by atoms with Crippen molar-refractivity contribution >= 4 is 11.8 Å². The Hall–Kier alpha value is -1.95. The monoisotopic (exact) mass is 348 g/mol. The number of aliphatic hydroxyl groups excluding tert-OH is 1. The molecule has 0 bridgehead atoms. The molecule has 2 heterocycles. The number of fused-ring (bicyclic) bond motifs is 1. The molecule has 2 atom stereocenters. The number of halogens is 1. The molecule has 0 radical (unpaired) electrons. The SMILES string of the molecule is O=C(c1ccc(F)cc1)N1CCC2C(CCC(=O)N2CCCCO)C1. The van der Waals surface area contributed by atoms with Gasteiger partial charge in [0.2, 0.25) is 5.91 Å². The molecule has 2 unspecified atom stereocenters. The van der Waals surface area contributed by atoms with Crippen LogP contribution in [0.15, 0.2) is 24.3 Å². The zero-order valence-corrected chi connectivity index (χ0v) is 14.4. The van der Waals surface area contributed by atoms with E-state index in [4.69, 9.17) is 5.11 Å². The highest BCUT2D eigenvalue weighted by Crippen LogP contribution is 2.32. The van der Waals surface area contributed by atoms with Crippen LogP contribution < -0.4 is 0 Å². The highest BCUT2D eigenvalue weighted by atomic mass is 19.1. The Morgan fingerprint density at radius 1 is 1.20 bits per heavy atom. The minimum atomic E-state index is -0.348. The summed E-state index contributed by atoms with van der Waals surface area (Å²) in [6, 6.07) is 5.85. The van der Waals surface area contributed by atoms with Gasteiger partial charge in [-0.25, -0.2) is 4.39 Å². The van der Waals surface area contributed by atoms with Crippen molar-refractivity contribution in [3.8, 4) is 0 Å². The van der Waals surface area contributed by atoms with Crippen molar-refractivity contribution in [2.75, 3.05) is 26.2 Å². The lowest BCUT2D eigenvalue weighted by Crippen LogP contribution is -2.57. The largest absolute Gasteiger partial charge is 0.396 e. The van der Waals surface area contributed by atoms with Gasteiger partial charge in [-0.05, 0) is 55.9 Å². The summed E-state index contributed by atoms with van der Waals surface area (Å²) in [5.74, 6) is 0.0734. The number of piperidine rings is 2. The first-order valence-corrected chi connectivity index (χ1v) is 9.05. The van der Waals surface area contributed by atoms with Crippen LogP contribution in [0.1, 0.15) is 42.5 Å². The molecule has 6 heteroatoms. The van der Waals surface area contributed by atoms with E-state index in [1.165, 1.54) is 24.3 Å². The lowest BCUT2D eigenvalue weighted by molar-refractivity contribution is -0.140. The van der Waals surface area contributed by atoms with Crippen LogP contribution in [-0.2, 0) is 4.79 Å². The van der Waals surface area contributed by atoms with Crippen molar-refractivity contribution in [3.05, 3.63) is 35.6 Å². The van der Waals surface area contributed by atoms with Gasteiger partial charge < -0.3 is 14.9 Å². The Kier molecular flexibility index (Phi) is 5.68. The second kappa shape index (κ2) is 7.95. The maximum atomic E-state index is 13.0. The van der Waals surface area contributed by atoms with E-state index in [2.05, 4.69) is 0 Å². The Labute approximate surface area is 147 Å². The van der Waals surface area contributed by atoms with Gasteiger partial charge in [0.15, 0.2) is 0 Å². The van der Waals surface area contributed by atoms with E-state index in [1.54, 1.807) is 0 Å². The Morgan fingerprint density at radius 2 is 1.96 bits per heavy atom. The van der Waals surface area contributed by atoms with Crippen LogP contribution in [0.2, 0.25) is 0 Å². The summed E-state index contributed by atoms with van der Waals surface area (Å²) in [7, 11) is 0.